The minimum absolute atomic E-state index is 0.681. The fourth-order valence-corrected chi connectivity index (χ4v) is 2.08. The van der Waals surface area contributed by atoms with Crippen molar-refractivity contribution in [2.75, 3.05) is 5.32 Å². The molecule has 0 spiro atoms. The smallest absolute Gasteiger partial charge is 0.144 e. The maximum atomic E-state index is 4.35. The van der Waals surface area contributed by atoms with Crippen LogP contribution in [-0.2, 0) is 6.54 Å². The van der Waals surface area contributed by atoms with Crippen LogP contribution < -0.4 is 5.32 Å². The molecule has 4 nitrogen and oxygen atoms in total. The third-order valence-corrected chi connectivity index (χ3v) is 3.17. The van der Waals surface area contributed by atoms with E-state index in [1.165, 1.54) is 6.33 Å². The second kappa shape index (κ2) is 4.67. The maximum Gasteiger partial charge on any atom is 0.144 e. The highest BCUT2D eigenvalue weighted by Gasteiger charge is 2.02. The number of aromatic nitrogens is 3. The van der Waals surface area contributed by atoms with E-state index < -0.39 is 0 Å². The van der Waals surface area contributed by atoms with E-state index in [-0.39, 0.29) is 0 Å². The summed E-state index contributed by atoms with van der Waals surface area (Å²) in [6.07, 6.45) is 3.22. The number of nitrogens with one attached hydrogen (secondary N) is 1. The molecule has 2 heterocycles. The third kappa shape index (κ3) is 2.73. The molecule has 0 saturated carbocycles. The molecule has 0 atom stereocenters. The number of rotatable bonds is 3. The van der Waals surface area contributed by atoms with Gasteiger partial charge in [-0.1, -0.05) is 0 Å². The first-order valence-corrected chi connectivity index (χ1v) is 6.03. The number of anilines is 1. The Morgan fingerprint density at radius 3 is 3.07 bits per heavy atom. The van der Waals surface area contributed by atoms with Crippen LogP contribution in [0.15, 0.2) is 22.4 Å². The van der Waals surface area contributed by atoms with Gasteiger partial charge in [-0.05, 0) is 22.9 Å². The van der Waals surface area contributed by atoms with Crippen LogP contribution in [-0.4, -0.2) is 15.0 Å². The highest BCUT2D eigenvalue weighted by Crippen LogP contribution is 2.18. The van der Waals surface area contributed by atoms with E-state index in [9.17, 15) is 0 Å². The molecule has 0 aliphatic heterocycles. The Balaban J connectivity index is 2.02. The summed E-state index contributed by atoms with van der Waals surface area (Å²) in [4.78, 5) is 12.4. The minimum Gasteiger partial charge on any atom is -0.363 e. The standard InChI is InChI=1S/C9H9BrN4S/c1-6-14-7(4-15-6)2-12-9-8(10)3-11-5-13-9/h3-5H,2H2,1H3,(H,11,12,13). The normalized spacial score (nSPS) is 10.3. The van der Waals surface area contributed by atoms with E-state index in [1.54, 1.807) is 17.5 Å². The van der Waals surface area contributed by atoms with Crippen molar-refractivity contribution in [3.63, 3.8) is 0 Å². The lowest BCUT2D eigenvalue weighted by molar-refractivity contribution is 1.02. The van der Waals surface area contributed by atoms with Gasteiger partial charge in [-0.2, -0.15) is 0 Å². The number of aryl methyl sites for hydroxylation is 1. The van der Waals surface area contributed by atoms with Crippen molar-refractivity contribution in [2.24, 2.45) is 0 Å². The lowest BCUT2D eigenvalue weighted by Gasteiger charge is -2.04. The number of hydrogen-bond acceptors (Lipinski definition) is 5. The molecule has 2 aromatic rings. The van der Waals surface area contributed by atoms with Gasteiger partial charge >= 0.3 is 0 Å². The van der Waals surface area contributed by atoms with Gasteiger partial charge in [0.05, 0.1) is 21.7 Å². The van der Waals surface area contributed by atoms with Crippen molar-refractivity contribution < 1.29 is 0 Å². The second-order valence-electron chi connectivity index (χ2n) is 2.93. The molecule has 0 aliphatic rings. The highest BCUT2D eigenvalue weighted by atomic mass is 79.9. The first-order chi connectivity index (χ1) is 7.25. The average Bonchev–Trinajstić information content (AvgIpc) is 2.63. The van der Waals surface area contributed by atoms with Gasteiger partial charge in [0.25, 0.3) is 0 Å². The largest absolute Gasteiger partial charge is 0.363 e. The highest BCUT2D eigenvalue weighted by molar-refractivity contribution is 9.10. The summed E-state index contributed by atoms with van der Waals surface area (Å²) in [7, 11) is 0. The molecular weight excluding hydrogens is 276 g/mol. The van der Waals surface area contributed by atoms with Crippen LogP contribution in [0.1, 0.15) is 10.7 Å². The van der Waals surface area contributed by atoms with Crippen LogP contribution in [0.4, 0.5) is 5.82 Å². The molecule has 6 heteroatoms. The van der Waals surface area contributed by atoms with Gasteiger partial charge < -0.3 is 5.32 Å². The Morgan fingerprint density at radius 2 is 2.40 bits per heavy atom. The molecule has 0 unspecified atom stereocenters. The van der Waals surface area contributed by atoms with Crippen LogP contribution in [0.2, 0.25) is 0 Å². The van der Waals surface area contributed by atoms with Gasteiger partial charge in [0, 0.05) is 11.6 Å². The van der Waals surface area contributed by atoms with Gasteiger partial charge in [0.1, 0.15) is 12.1 Å². The average molecular weight is 285 g/mol. The molecule has 78 valence electrons. The fraction of sp³-hybridized carbons (Fsp3) is 0.222. The van der Waals surface area contributed by atoms with E-state index >= 15 is 0 Å². The summed E-state index contributed by atoms with van der Waals surface area (Å²) in [5, 5.41) is 6.31. The molecule has 0 aromatic carbocycles. The van der Waals surface area contributed by atoms with Crippen LogP contribution in [0.5, 0.6) is 0 Å². The van der Waals surface area contributed by atoms with Crippen molar-refractivity contribution in [1.29, 1.82) is 0 Å². The topological polar surface area (TPSA) is 50.7 Å². The predicted octanol–water partition coefficient (Wildman–Crippen LogP) is 2.62. The maximum absolute atomic E-state index is 4.35. The van der Waals surface area contributed by atoms with Crippen LogP contribution in [0, 0.1) is 6.92 Å². The quantitative estimate of drug-likeness (QED) is 0.941. The molecule has 0 fully saturated rings. The Kier molecular flexibility index (Phi) is 3.27. The second-order valence-corrected chi connectivity index (χ2v) is 4.85. The Labute approximate surface area is 99.9 Å². The monoisotopic (exact) mass is 284 g/mol. The molecule has 1 N–H and O–H groups in total. The van der Waals surface area contributed by atoms with Crippen molar-refractivity contribution >= 4 is 33.1 Å². The minimum atomic E-state index is 0.681. The Bertz CT molecular complexity index is 457. The number of halogens is 1. The molecule has 0 saturated heterocycles. The molecule has 0 aliphatic carbocycles. The third-order valence-electron chi connectivity index (χ3n) is 1.77. The molecular formula is C9H9BrN4S. The summed E-state index contributed by atoms with van der Waals surface area (Å²) in [6.45, 7) is 2.68. The summed E-state index contributed by atoms with van der Waals surface area (Å²) in [6, 6.07) is 0. The first-order valence-electron chi connectivity index (χ1n) is 4.36. The summed E-state index contributed by atoms with van der Waals surface area (Å²) in [5.74, 6) is 0.788. The van der Waals surface area contributed by atoms with E-state index in [4.69, 9.17) is 0 Å². The van der Waals surface area contributed by atoms with Gasteiger partial charge in [0.15, 0.2) is 0 Å². The molecule has 15 heavy (non-hydrogen) atoms. The van der Waals surface area contributed by atoms with Crippen LogP contribution >= 0.6 is 27.3 Å². The molecule has 2 aromatic heterocycles. The Morgan fingerprint density at radius 1 is 1.53 bits per heavy atom. The van der Waals surface area contributed by atoms with E-state index in [0.717, 1.165) is 21.0 Å². The van der Waals surface area contributed by atoms with Crippen molar-refractivity contribution in [2.45, 2.75) is 13.5 Å². The number of nitrogens with zero attached hydrogens (tertiary/aromatic N) is 3. The molecule has 2 rings (SSSR count). The summed E-state index contributed by atoms with van der Waals surface area (Å²) in [5.41, 5.74) is 1.03. The lowest BCUT2D eigenvalue weighted by Crippen LogP contribution is -2.02. The van der Waals surface area contributed by atoms with Gasteiger partial charge in [-0.25, -0.2) is 15.0 Å². The zero-order valence-corrected chi connectivity index (χ0v) is 10.5. The Hall–Kier alpha value is -1.01. The van der Waals surface area contributed by atoms with E-state index in [0.29, 0.717) is 6.54 Å². The number of thiazole rings is 1. The van der Waals surface area contributed by atoms with Crippen molar-refractivity contribution in [3.05, 3.63) is 33.1 Å². The number of hydrogen-bond donors (Lipinski definition) is 1. The SMILES string of the molecule is Cc1nc(CNc2ncncc2Br)cs1. The van der Waals surface area contributed by atoms with Gasteiger partial charge in [-0.15, -0.1) is 11.3 Å². The lowest BCUT2D eigenvalue weighted by atomic mass is 10.4. The van der Waals surface area contributed by atoms with Gasteiger partial charge in [0.2, 0.25) is 0 Å². The fourth-order valence-electron chi connectivity index (χ4n) is 1.11. The first kappa shape index (κ1) is 10.5. The van der Waals surface area contributed by atoms with Crippen molar-refractivity contribution in [3.8, 4) is 0 Å². The predicted molar refractivity (Wildman–Crippen MR) is 63.9 cm³/mol. The van der Waals surface area contributed by atoms with E-state index in [2.05, 4.69) is 36.2 Å². The van der Waals surface area contributed by atoms with Crippen LogP contribution in [0.3, 0.4) is 0 Å². The summed E-state index contributed by atoms with van der Waals surface area (Å²) >= 11 is 5.02. The molecule has 0 bridgehead atoms. The van der Waals surface area contributed by atoms with Crippen LogP contribution in [0.25, 0.3) is 0 Å². The molecule has 0 amide bonds. The molecule has 0 radical (unpaired) electrons. The van der Waals surface area contributed by atoms with Gasteiger partial charge in [-0.3, -0.25) is 0 Å². The summed E-state index contributed by atoms with van der Waals surface area (Å²) < 4.78 is 0.858. The zero-order valence-electron chi connectivity index (χ0n) is 8.07. The van der Waals surface area contributed by atoms with Crippen molar-refractivity contribution in [1.82, 2.24) is 15.0 Å². The zero-order chi connectivity index (χ0) is 10.7. The van der Waals surface area contributed by atoms with E-state index in [1.807, 2.05) is 12.3 Å².